The number of rotatable bonds is 4. The fourth-order valence-electron chi connectivity index (χ4n) is 3.09. The van der Waals surface area contributed by atoms with Crippen LogP contribution in [0.4, 0.5) is 11.4 Å². The number of benzene rings is 3. The van der Waals surface area contributed by atoms with Crippen molar-refractivity contribution in [1.29, 1.82) is 0 Å². The van der Waals surface area contributed by atoms with Crippen molar-refractivity contribution in [2.24, 2.45) is 0 Å². The Bertz CT molecular complexity index is 1050. The maximum atomic E-state index is 12.3. The molecule has 0 unspecified atom stereocenters. The lowest BCUT2D eigenvalue weighted by Gasteiger charge is -2.15. The quantitative estimate of drug-likeness (QED) is 0.403. The summed E-state index contributed by atoms with van der Waals surface area (Å²) in [5.74, 6) is -0.335. The van der Waals surface area contributed by atoms with Crippen molar-refractivity contribution in [1.82, 2.24) is 4.98 Å². The first kappa shape index (κ1) is 16.1. The highest BCUT2D eigenvalue weighted by molar-refractivity contribution is 6.09. The molecule has 128 valence electrons. The average Bonchev–Trinajstić information content (AvgIpc) is 2.68. The number of ether oxygens (including phenoxy) is 1. The van der Waals surface area contributed by atoms with E-state index in [0.29, 0.717) is 17.9 Å². The van der Waals surface area contributed by atoms with Gasteiger partial charge >= 0.3 is 5.97 Å². The van der Waals surface area contributed by atoms with Gasteiger partial charge in [-0.25, -0.2) is 9.78 Å². The lowest BCUT2D eigenvalue weighted by Crippen LogP contribution is -2.08. The van der Waals surface area contributed by atoms with Crippen molar-refractivity contribution in [3.05, 3.63) is 78.4 Å². The molecule has 1 heterocycles. The van der Waals surface area contributed by atoms with Crippen molar-refractivity contribution in [3.63, 3.8) is 0 Å². The Morgan fingerprint density at radius 2 is 1.46 bits per heavy atom. The molecule has 0 saturated carbocycles. The summed E-state index contributed by atoms with van der Waals surface area (Å²) in [4.78, 5) is 17.0. The highest BCUT2D eigenvalue weighted by Gasteiger charge is 2.15. The van der Waals surface area contributed by atoms with Gasteiger partial charge in [-0.2, -0.15) is 0 Å². The summed E-state index contributed by atoms with van der Waals surface area (Å²) in [6, 6.07) is 23.4. The Morgan fingerprint density at radius 1 is 0.885 bits per heavy atom. The number of para-hydroxylation sites is 3. The SMILES string of the molecule is CCOC(=O)c1ccccc1Nc1c2ccccc2nc2ccccc12. The van der Waals surface area contributed by atoms with E-state index in [1.54, 1.807) is 13.0 Å². The molecule has 3 aromatic carbocycles. The second-order valence-corrected chi connectivity index (χ2v) is 5.91. The average molecular weight is 342 g/mol. The fourth-order valence-corrected chi connectivity index (χ4v) is 3.09. The number of nitrogens with zero attached hydrogens (tertiary/aromatic N) is 1. The second-order valence-electron chi connectivity index (χ2n) is 5.91. The number of fused-ring (bicyclic) bond motifs is 2. The van der Waals surface area contributed by atoms with Crippen molar-refractivity contribution < 1.29 is 9.53 Å². The van der Waals surface area contributed by atoms with Crippen LogP contribution in [-0.2, 0) is 4.74 Å². The molecule has 1 aromatic heterocycles. The monoisotopic (exact) mass is 342 g/mol. The maximum Gasteiger partial charge on any atom is 0.340 e. The Balaban J connectivity index is 1.91. The predicted molar refractivity (Wildman–Crippen MR) is 105 cm³/mol. The van der Waals surface area contributed by atoms with Crippen LogP contribution >= 0.6 is 0 Å². The number of anilines is 2. The van der Waals surface area contributed by atoms with Crippen molar-refractivity contribution in [3.8, 4) is 0 Å². The number of pyridine rings is 1. The molecule has 0 aliphatic rings. The van der Waals surface area contributed by atoms with Crippen LogP contribution in [-0.4, -0.2) is 17.6 Å². The Morgan fingerprint density at radius 3 is 2.12 bits per heavy atom. The van der Waals surface area contributed by atoms with E-state index in [-0.39, 0.29) is 5.97 Å². The van der Waals surface area contributed by atoms with Gasteiger partial charge in [0.2, 0.25) is 0 Å². The molecule has 0 radical (unpaired) electrons. The molecule has 0 spiro atoms. The molecule has 0 atom stereocenters. The molecule has 0 bridgehead atoms. The molecule has 4 rings (SSSR count). The minimum atomic E-state index is -0.335. The van der Waals surface area contributed by atoms with Gasteiger partial charge in [-0.3, -0.25) is 0 Å². The van der Waals surface area contributed by atoms with Crippen molar-refractivity contribution in [2.45, 2.75) is 6.92 Å². The number of esters is 1. The van der Waals surface area contributed by atoms with Crippen LogP contribution in [0, 0.1) is 0 Å². The van der Waals surface area contributed by atoms with E-state index in [2.05, 4.69) is 5.32 Å². The summed E-state index contributed by atoms with van der Waals surface area (Å²) in [7, 11) is 0. The van der Waals surface area contributed by atoms with Gasteiger partial charge in [0.1, 0.15) is 0 Å². The minimum absolute atomic E-state index is 0.335. The van der Waals surface area contributed by atoms with E-state index >= 15 is 0 Å². The molecule has 0 fully saturated rings. The number of hydrogen-bond donors (Lipinski definition) is 1. The van der Waals surface area contributed by atoms with Gasteiger partial charge in [0.15, 0.2) is 0 Å². The number of carbonyl (C=O) groups is 1. The van der Waals surface area contributed by atoms with Gasteiger partial charge in [0.25, 0.3) is 0 Å². The summed E-state index contributed by atoms with van der Waals surface area (Å²) in [6.45, 7) is 2.14. The first-order valence-electron chi connectivity index (χ1n) is 8.58. The summed E-state index contributed by atoms with van der Waals surface area (Å²) in [5.41, 5.74) is 3.97. The zero-order valence-corrected chi connectivity index (χ0v) is 14.4. The Hall–Kier alpha value is -3.40. The zero-order valence-electron chi connectivity index (χ0n) is 14.4. The molecule has 0 amide bonds. The van der Waals surface area contributed by atoms with Crippen LogP contribution in [0.2, 0.25) is 0 Å². The molecule has 4 aromatic rings. The van der Waals surface area contributed by atoms with Gasteiger partial charge in [-0.15, -0.1) is 0 Å². The van der Waals surface area contributed by atoms with E-state index in [4.69, 9.17) is 9.72 Å². The molecule has 1 N–H and O–H groups in total. The summed E-state index contributed by atoms with van der Waals surface area (Å²) in [6.07, 6.45) is 0. The molecular formula is C22H18N2O2. The van der Waals surface area contributed by atoms with Gasteiger partial charge in [0.05, 0.1) is 34.6 Å². The van der Waals surface area contributed by atoms with E-state index in [9.17, 15) is 4.79 Å². The van der Waals surface area contributed by atoms with Gasteiger partial charge in [-0.1, -0.05) is 48.5 Å². The van der Waals surface area contributed by atoms with Crippen LogP contribution in [0.1, 0.15) is 17.3 Å². The van der Waals surface area contributed by atoms with Gasteiger partial charge in [-0.05, 0) is 31.2 Å². The normalized spacial score (nSPS) is 10.8. The second kappa shape index (κ2) is 6.84. The maximum absolute atomic E-state index is 12.3. The molecule has 0 aliphatic heterocycles. The topological polar surface area (TPSA) is 51.2 Å². The summed E-state index contributed by atoms with van der Waals surface area (Å²) < 4.78 is 5.19. The van der Waals surface area contributed by atoms with Crippen LogP contribution in [0.5, 0.6) is 0 Å². The first-order valence-corrected chi connectivity index (χ1v) is 8.58. The minimum Gasteiger partial charge on any atom is -0.462 e. The zero-order chi connectivity index (χ0) is 17.9. The molecule has 4 nitrogen and oxygen atoms in total. The number of aromatic nitrogens is 1. The summed E-state index contributed by atoms with van der Waals surface area (Å²) >= 11 is 0. The standard InChI is InChI=1S/C22H18N2O2/c1-2-26-22(25)17-11-5-8-14-20(17)24-21-15-9-3-6-12-18(15)23-19-13-7-4-10-16(19)21/h3-14H,2H2,1H3,(H,23,24). The summed E-state index contributed by atoms with van der Waals surface area (Å²) in [5, 5.41) is 5.47. The molecule has 0 aliphatic carbocycles. The lowest BCUT2D eigenvalue weighted by atomic mass is 10.1. The van der Waals surface area contributed by atoms with Gasteiger partial charge in [0, 0.05) is 10.8 Å². The Kier molecular flexibility index (Phi) is 4.23. The number of nitrogens with one attached hydrogen (secondary N) is 1. The largest absolute Gasteiger partial charge is 0.462 e. The van der Waals surface area contributed by atoms with E-state index in [1.165, 1.54) is 0 Å². The van der Waals surface area contributed by atoms with Crippen molar-refractivity contribution >= 4 is 39.1 Å². The third kappa shape index (κ3) is 2.86. The van der Waals surface area contributed by atoms with Crippen LogP contribution in [0.3, 0.4) is 0 Å². The van der Waals surface area contributed by atoms with E-state index < -0.39 is 0 Å². The fraction of sp³-hybridized carbons (Fsp3) is 0.0909. The highest BCUT2D eigenvalue weighted by atomic mass is 16.5. The van der Waals surface area contributed by atoms with Crippen LogP contribution < -0.4 is 5.32 Å². The smallest absolute Gasteiger partial charge is 0.340 e. The third-order valence-corrected chi connectivity index (χ3v) is 4.27. The third-order valence-electron chi connectivity index (χ3n) is 4.27. The van der Waals surface area contributed by atoms with E-state index in [0.717, 1.165) is 27.5 Å². The molecule has 4 heteroatoms. The predicted octanol–water partition coefficient (Wildman–Crippen LogP) is 5.31. The Labute approximate surface area is 151 Å². The van der Waals surface area contributed by atoms with Crippen LogP contribution in [0.15, 0.2) is 72.8 Å². The molecule has 0 saturated heterocycles. The molecular weight excluding hydrogens is 324 g/mol. The number of hydrogen-bond acceptors (Lipinski definition) is 4. The highest BCUT2D eigenvalue weighted by Crippen LogP contribution is 2.34. The van der Waals surface area contributed by atoms with Gasteiger partial charge < -0.3 is 10.1 Å². The van der Waals surface area contributed by atoms with Crippen LogP contribution in [0.25, 0.3) is 21.8 Å². The number of carbonyl (C=O) groups excluding carboxylic acids is 1. The molecule has 26 heavy (non-hydrogen) atoms. The van der Waals surface area contributed by atoms with E-state index in [1.807, 2.05) is 66.7 Å². The first-order chi connectivity index (χ1) is 12.8. The van der Waals surface area contributed by atoms with Crippen molar-refractivity contribution in [2.75, 3.05) is 11.9 Å². The lowest BCUT2D eigenvalue weighted by molar-refractivity contribution is 0.0527.